The number of fused-ring (bicyclic) bond motifs is 1. The molecule has 134 valence electrons. The quantitative estimate of drug-likeness (QED) is 0.707. The molecule has 8 heteroatoms. The van der Waals surface area contributed by atoms with Crippen LogP contribution in [0.2, 0.25) is 5.02 Å². The highest BCUT2D eigenvalue weighted by atomic mass is 35.5. The van der Waals surface area contributed by atoms with Gasteiger partial charge in [0.05, 0.1) is 12.1 Å². The van der Waals surface area contributed by atoms with Gasteiger partial charge in [0.1, 0.15) is 5.75 Å². The second-order valence-corrected chi connectivity index (χ2v) is 6.47. The summed E-state index contributed by atoms with van der Waals surface area (Å²) in [6.07, 6.45) is 1.89. The molecule has 1 aliphatic heterocycles. The minimum absolute atomic E-state index is 0.0118. The Labute approximate surface area is 155 Å². The normalized spacial score (nSPS) is 14.7. The lowest BCUT2D eigenvalue weighted by atomic mass is 10.1. The van der Waals surface area contributed by atoms with Crippen LogP contribution in [-0.4, -0.2) is 58.7 Å². The number of methoxy groups -OCH3 is 1. The van der Waals surface area contributed by atoms with Crippen LogP contribution >= 0.6 is 11.6 Å². The van der Waals surface area contributed by atoms with E-state index in [2.05, 4.69) is 15.1 Å². The lowest BCUT2D eigenvalue weighted by Crippen LogP contribution is -2.49. The molecule has 1 amide bonds. The fourth-order valence-electron chi connectivity index (χ4n) is 3.14. The van der Waals surface area contributed by atoms with Crippen LogP contribution in [0.15, 0.2) is 42.6 Å². The number of anilines is 1. The van der Waals surface area contributed by atoms with Crippen LogP contribution in [0.3, 0.4) is 0 Å². The molecule has 4 rings (SSSR count). The SMILES string of the molecule is COc1cccc(C(=O)N2CCN(c3nnc4c(Cl)cccn34)CC2)c1. The van der Waals surface area contributed by atoms with E-state index in [1.807, 2.05) is 39.8 Å². The first-order valence-electron chi connectivity index (χ1n) is 8.35. The summed E-state index contributed by atoms with van der Waals surface area (Å²) in [7, 11) is 1.59. The Kier molecular flexibility index (Phi) is 4.38. The van der Waals surface area contributed by atoms with Crippen molar-refractivity contribution in [3.05, 3.63) is 53.2 Å². The summed E-state index contributed by atoms with van der Waals surface area (Å²) >= 11 is 6.16. The van der Waals surface area contributed by atoms with Gasteiger partial charge in [-0.2, -0.15) is 0 Å². The minimum Gasteiger partial charge on any atom is -0.497 e. The summed E-state index contributed by atoms with van der Waals surface area (Å²) in [6, 6.07) is 10.9. The predicted octanol–water partition coefficient (Wildman–Crippen LogP) is 2.35. The summed E-state index contributed by atoms with van der Waals surface area (Å²) in [5.74, 6) is 1.44. The lowest BCUT2D eigenvalue weighted by Gasteiger charge is -2.34. The smallest absolute Gasteiger partial charge is 0.254 e. The van der Waals surface area contributed by atoms with Crippen molar-refractivity contribution in [1.29, 1.82) is 0 Å². The van der Waals surface area contributed by atoms with Crippen molar-refractivity contribution in [1.82, 2.24) is 19.5 Å². The Morgan fingerprint density at radius 2 is 1.92 bits per heavy atom. The second kappa shape index (κ2) is 6.84. The maximum Gasteiger partial charge on any atom is 0.254 e. The number of pyridine rings is 1. The largest absolute Gasteiger partial charge is 0.497 e. The van der Waals surface area contributed by atoms with Crippen molar-refractivity contribution in [3.8, 4) is 5.75 Å². The van der Waals surface area contributed by atoms with E-state index in [-0.39, 0.29) is 5.91 Å². The Balaban J connectivity index is 1.48. The molecule has 0 N–H and O–H groups in total. The van der Waals surface area contributed by atoms with Gasteiger partial charge in [-0.1, -0.05) is 17.7 Å². The Hall–Kier alpha value is -2.80. The van der Waals surface area contributed by atoms with E-state index in [0.29, 0.717) is 48.2 Å². The molecule has 26 heavy (non-hydrogen) atoms. The summed E-state index contributed by atoms with van der Waals surface area (Å²) < 4.78 is 7.08. The van der Waals surface area contributed by atoms with Crippen LogP contribution in [0, 0.1) is 0 Å². The van der Waals surface area contributed by atoms with Crippen LogP contribution < -0.4 is 9.64 Å². The first kappa shape index (κ1) is 16.7. The average molecular weight is 372 g/mol. The van der Waals surface area contributed by atoms with E-state index < -0.39 is 0 Å². The number of carbonyl (C=O) groups is 1. The van der Waals surface area contributed by atoms with Crippen LogP contribution in [0.4, 0.5) is 5.95 Å². The maximum absolute atomic E-state index is 12.7. The third kappa shape index (κ3) is 2.94. The number of hydrogen-bond acceptors (Lipinski definition) is 5. The minimum atomic E-state index is 0.0118. The molecule has 3 heterocycles. The van der Waals surface area contributed by atoms with Crippen molar-refractivity contribution >= 4 is 29.1 Å². The third-order valence-corrected chi connectivity index (χ3v) is 4.83. The number of carbonyl (C=O) groups excluding carboxylic acids is 1. The number of halogens is 1. The van der Waals surface area contributed by atoms with E-state index in [0.717, 1.165) is 5.95 Å². The Morgan fingerprint density at radius 3 is 2.69 bits per heavy atom. The van der Waals surface area contributed by atoms with E-state index in [4.69, 9.17) is 16.3 Å². The predicted molar refractivity (Wildman–Crippen MR) is 99.1 cm³/mol. The number of benzene rings is 1. The first-order chi connectivity index (χ1) is 12.7. The number of nitrogens with zero attached hydrogens (tertiary/aromatic N) is 5. The van der Waals surface area contributed by atoms with Crippen molar-refractivity contribution in [3.63, 3.8) is 0 Å². The van der Waals surface area contributed by atoms with Gasteiger partial charge in [-0.25, -0.2) is 0 Å². The van der Waals surface area contributed by atoms with Gasteiger partial charge < -0.3 is 14.5 Å². The molecule has 1 saturated heterocycles. The zero-order valence-corrected chi connectivity index (χ0v) is 15.1. The summed E-state index contributed by atoms with van der Waals surface area (Å²) in [5.41, 5.74) is 1.27. The highest BCUT2D eigenvalue weighted by Crippen LogP contribution is 2.22. The molecule has 1 aromatic carbocycles. The van der Waals surface area contributed by atoms with Crippen molar-refractivity contribution < 1.29 is 9.53 Å². The molecule has 0 bridgehead atoms. The zero-order chi connectivity index (χ0) is 18.1. The van der Waals surface area contributed by atoms with Gasteiger partial charge in [0.15, 0.2) is 5.65 Å². The summed E-state index contributed by atoms with van der Waals surface area (Å²) in [5, 5.41) is 8.99. The average Bonchev–Trinajstić information content (AvgIpc) is 3.13. The number of amides is 1. The molecule has 2 aromatic heterocycles. The summed E-state index contributed by atoms with van der Waals surface area (Å²) in [6.45, 7) is 2.60. The fourth-order valence-corrected chi connectivity index (χ4v) is 3.34. The van der Waals surface area contributed by atoms with Gasteiger partial charge in [0, 0.05) is 37.9 Å². The van der Waals surface area contributed by atoms with Crippen molar-refractivity contribution in [2.75, 3.05) is 38.2 Å². The van der Waals surface area contributed by atoms with Crippen molar-refractivity contribution in [2.24, 2.45) is 0 Å². The molecular weight excluding hydrogens is 354 g/mol. The zero-order valence-electron chi connectivity index (χ0n) is 14.3. The number of rotatable bonds is 3. The molecule has 3 aromatic rings. The second-order valence-electron chi connectivity index (χ2n) is 6.06. The number of aromatic nitrogens is 3. The monoisotopic (exact) mass is 371 g/mol. The molecule has 0 radical (unpaired) electrons. The Bertz CT molecular complexity index is 950. The molecule has 0 spiro atoms. The molecule has 0 unspecified atom stereocenters. The van der Waals surface area contributed by atoms with Crippen LogP contribution in [0.5, 0.6) is 5.75 Å². The highest BCUT2D eigenvalue weighted by Gasteiger charge is 2.25. The first-order valence-corrected chi connectivity index (χ1v) is 8.72. The number of hydrogen-bond donors (Lipinski definition) is 0. The van der Waals surface area contributed by atoms with Crippen molar-refractivity contribution in [2.45, 2.75) is 0 Å². The number of piperazine rings is 1. The van der Waals surface area contributed by atoms with E-state index in [1.165, 1.54) is 0 Å². The third-order valence-electron chi connectivity index (χ3n) is 4.54. The van der Waals surface area contributed by atoms with Gasteiger partial charge in [0.25, 0.3) is 5.91 Å². The van der Waals surface area contributed by atoms with Crippen LogP contribution in [-0.2, 0) is 0 Å². The topological polar surface area (TPSA) is 63.0 Å². The van der Waals surface area contributed by atoms with Crippen LogP contribution in [0.25, 0.3) is 5.65 Å². The van der Waals surface area contributed by atoms with Gasteiger partial charge in [-0.15, -0.1) is 10.2 Å². The van der Waals surface area contributed by atoms with E-state index >= 15 is 0 Å². The fraction of sp³-hybridized carbons (Fsp3) is 0.278. The van der Waals surface area contributed by atoms with E-state index in [9.17, 15) is 4.79 Å². The summed E-state index contributed by atoms with van der Waals surface area (Å²) in [4.78, 5) is 16.7. The molecule has 1 aliphatic rings. The van der Waals surface area contributed by atoms with Crippen LogP contribution in [0.1, 0.15) is 10.4 Å². The highest BCUT2D eigenvalue weighted by molar-refractivity contribution is 6.33. The molecule has 0 saturated carbocycles. The van der Waals surface area contributed by atoms with Gasteiger partial charge >= 0.3 is 0 Å². The van der Waals surface area contributed by atoms with Gasteiger partial charge in [-0.3, -0.25) is 9.20 Å². The van der Waals surface area contributed by atoms with E-state index in [1.54, 1.807) is 19.2 Å². The maximum atomic E-state index is 12.7. The molecule has 0 aliphatic carbocycles. The lowest BCUT2D eigenvalue weighted by molar-refractivity contribution is 0.0746. The van der Waals surface area contributed by atoms with Gasteiger partial charge in [-0.05, 0) is 30.3 Å². The molecular formula is C18H18ClN5O2. The standard InChI is InChI=1S/C18H18ClN5O2/c1-26-14-5-2-4-13(12-14)17(25)22-8-10-23(11-9-22)18-21-20-16-15(19)6-3-7-24(16)18/h2-7,12H,8-11H2,1H3. The molecule has 1 fully saturated rings. The number of ether oxygens (including phenoxy) is 1. The molecule has 7 nitrogen and oxygen atoms in total. The van der Waals surface area contributed by atoms with Gasteiger partial charge in [0.2, 0.25) is 5.95 Å². The molecule has 0 atom stereocenters. The Morgan fingerprint density at radius 1 is 1.12 bits per heavy atom.